The number of carbonyl (C=O) groups is 1. The Bertz CT molecular complexity index is 483. The van der Waals surface area contributed by atoms with Crippen LogP contribution in [0.15, 0.2) is 24.3 Å². The molecule has 0 aliphatic heterocycles. The molecule has 0 unspecified atom stereocenters. The lowest BCUT2D eigenvalue weighted by atomic mass is 9.89. The van der Waals surface area contributed by atoms with E-state index in [1.165, 1.54) is 31.4 Å². The van der Waals surface area contributed by atoms with Crippen molar-refractivity contribution in [2.24, 2.45) is 5.92 Å². The molecule has 1 saturated carbocycles. The first-order chi connectivity index (χ1) is 10.4. The van der Waals surface area contributed by atoms with Gasteiger partial charge in [0.15, 0.2) is 0 Å². The molecule has 2 rings (SSSR count). The summed E-state index contributed by atoms with van der Waals surface area (Å²) < 4.78 is 39.8. The van der Waals surface area contributed by atoms with Crippen molar-refractivity contribution in [3.05, 3.63) is 24.3 Å². The first kappa shape index (κ1) is 16.5. The number of rotatable bonds is 4. The molecule has 0 atom stereocenters. The number of carbonyl (C=O) groups excluding carboxylic acids is 1. The molecule has 0 aromatic heterocycles. The fraction of sp³-hybridized carbons (Fsp3) is 0.533. The Balaban J connectivity index is 1.76. The monoisotopic (exact) mass is 316 g/mol. The van der Waals surface area contributed by atoms with E-state index in [4.69, 9.17) is 0 Å². The molecule has 0 saturated heterocycles. The lowest BCUT2D eigenvalue weighted by Gasteiger charge is -2.21. The van der Waals surface area contributed by atoms with Gasteiger partial charge in [0.1, 0.15) is 5.75 Å². The smallest absolute Gasteiger partial charge is 0.406 e. The summed E-state index contributed by atoms with van der Waals surface area (Å²) in [5, 5.41) is 5.38. The lowest BCUT2D eigenvalue weighted by molar-refractivity contribution is -0.274. The molecule has 1 aliphatic carbocycles. The first-order valence-corrected chi connectivity index (χ1v) is 7.33. The van der Waals surface area contributed by atoms with Crippen molar-refractivity contribution < 1.29 is 22.7 Å². The number of amides is 2. The summed E-state index contributed by atoms with van der Waals surface area (Å²) in [5.41, 5.74) is 0.413. The van der Waals surface area contributed by atoms with Crippen LogP contribution >= 0.6 is 0 Å². The first-order valence-electron chi connectivity index (χ1n) is 7.33. The Morgan fingerprint density at radius 3 is 2.36 bits per heavy atom. The molecule has 1 aromatic carbocycles. The molecule has 4 nitrogen and oxygen atoms in total. The summed E-state index contributed by atoms with van der Waals surface area (Å²) in [6, 6.07) is 4.69. The van der Waals surface area contributed by atoms with Crippen LogP contribution in [0.3, 0.4) is 0 Å². The standard InChI is InChI=1S/C15H19F3N2O2/c16-15(17,18)22-13-8-6-12(7-9-13)20-14(21)19-10-11-4-2-1-3-5-11/h6-9,11H,1-5,10H2,(H2,19,20,21). The van der Waals surface area contributed by atoms with Crippen molar-refractivity contribution in [1.29, 1.82) is 0 Å². The maximum atomic E-state index is 12.0. The van der Waals surface area contributed by atoms with E-state index < -0.39 is 6.36 Å². The minimum absolute atomic E-state index is 0.319. The van der Waals surface area contributed by atoms with Gasteiger partial charge >= 0.3 is 12.4 Å². The van der Waals surface area contributed by atoms with Gasteiger partial charge in [-0.2, -0.15) is 0 Å². The van der Waals surface area contributed by atoms with Gasteiger partial charge in [0.25, 0.3) is 0 Å². The van der Waals surface area contributed by atoms with E-state index in [1.54, 1.807) is 0 Å². The average molecular weight is 316 g/mol. The third-order valence-electron chi connectivity index (χ3n) is 3.62. The highest BCUT2D eigenvalue weighted by atomic mass is 19.4. The van der Waals surface area contributed by atoms with Gasteiger partial charge in [-0.05, 0) is 43.0 Å². The number of urea groups is 1. The molecule has 122 valence electrons. The Labute approximate surface area is 127 Å². The fourth-order valence-electron chi connectivity index (χ4n) is 2.54. The molecule has 2 N–H and O–H groups in total. The van der Waals surface area contributed by atoms with Crippen molar-refractivity contribution in [3.8, 4) is 5.75 Å². The van der Waals surface area contributed by atoms with Gasteiger partial charge in [-0.3, -0.25) is 0 Å². The number of ether oxygens (including phenoxy) is 1. The topological polar surface area (TPSA) is 50.4 Å². The number of hydrogen-bond acceptors (Lipinski definition) is 2. The van der Waals surface area contributed by atoms with Crippen LogP contribution in [0.4, 0.5) is 23.7 Å². The van der Waals surface area contributed by atoms with Crippen LogP contribution in [0, 0.1) is 5.92 Å². The van der Waals surface area contributed by atoms with E-state index in [-0.39, 0.29) is 11.8 Å². The third-order valence-corrected chi connectivity index (χ3v) is 3.62. The van der Waals surface area contributed by atoms with Gasteiger partial charge in [-0.25, -0.2) is 4.79 Å². The van der Waals surface area contributed by atoms with E-state index in [1.807, 2.05) is 0 Å². The number of nitrogens with one attached hydrogen (secondary N) is 2. The third kappa shape index (κ3) is 5.83. The van der Waals surface area contributed by atoms with Crippen molar-refractivity contribution in [1.82, 2.24) is 5.32 Å². The van der Waals surface area contributed by atoms with Gasteiger partial charge in [0, 0.05) is 12.2 Å². The summed E-state index contributed by atoms with van der Waals surface area (Å²) in [7, 11) is 0. The quantitative estimate of drug-likeness (QED) is 0.870. The molecular formula is C15H19F3N2O2. The second-order valence-corrected chi connectivity index (χ2v) is 5.41. The van der Waals surface area contributed by atoms with Crippen LogP contribution in [-0.4, -0.2) is 18.9 Å². The molecule has 2 amide bonds. The number of hydrogen-bond donors (Lipinski definition) is 2. The summed E-state index contributed by atoms with van der Waals surface area (Å²) in [5.74, 6) is 0.197. The summed E-state index contributed by atoms with van der Waals surface area (Å²) >= 11 is 0. The van der Waals surface area contributed by atoms with Crippen LogP contribution in [0.25, 0.3) is 0 Å². The molecular weight excluding hydrogens is 297 g/mol. The van der Waals surface area contributed by atoms with Crippen LogP contribution in [0.2, 0.25) is 0 Å². The second-order valence-electron chi connectivity index (χ2n) is 5.41. The zero-order valence-corrected chi connectivity index (χ0v) is 12.1. The Morgan fingerprint density at radius 2 is 1.77 bits per heavy atom. The van der Waals surface area contributed by atoms with E-state index >= 15 is 0 Å². The van der Waals surface area contributed by atoms with Crippen LogP contribution in [0.1, 0.15) is 32.1 Å². The minimum Gasteiger partial charge on any atom is -0.406 e. The number of anilines is 1. The predicted octanol–water partition coefficient (Wildman–Crippen LogP) is 4.29. The van der Waals surface area contributed by atoms with Gasteiger partial charge < -0.3 is 15.4 Å². The summed E-state index contributed by atoms with van der Waals surface area (Å²) in [4.78, 5) is 11.7. The van der Waals surface area contributed by atoms with Gasteiger partial charge in [0.2, 0.25) is 0 Å². The van der Waals surface area contributed by atoms with Crippen molar-refractivity contribution in [3.63, 3.8) is 0 Å². The van der Waals surface area contributed by atoms with Crippen molar-refractivity contribution in [2.45, 2.75) is 38.5 Å². The highest BCUT2D eigenvalue weighted by Crippen LogP contribution is 2.24. The van der Waals surface area contributed by atoms with Crippen molar-refractivity contribution >= 4 is 11.7 Å². The number of benzene rings is 1. The maximum absolute atomic E-state index is 12.0. The fourth-order valence-corrected chi connectivity index (χ4v) is 2.54. The maximum Gasteiger partial charge on any atom is 0.573 e. The zero-order chi connectivity index (χ0) is 16.0. The van der Waals surface area contributed by atoms with Crippen LogP contribution in [0.5, 0.6) is 5.75 Å². The molecule has 1 aliphatic rings. The largest absolute Gasteiger partial charge is 0.573 e. The number of alkyl halides is 3. The van der Waals surface area contributed by atoms with E-state index in [0.29, 0.717) is 18.2 Å². The predicted molar refractivity (Wildman–Crippen MR) is 76.7 cm³/mol. The average Bonchev–Trinajstić information content (AvgIpc) is 2.47. The Hall–Kier alpha value is -1.92. The van der Waals surface area contributed by atoms with E-state index in [2.05, 4.69) is 15.4 Å². The molecule has 1 fully saturated rings. The highest BCUT2D eigenvalue weighted by molar-refractivity contribution is 5.89. The molecule has 0 spiro atoms. The van der Waals surface area contributed by atoms with Crippen molar-refractivity contribution in [2.75, 3.05) is 11.9 Å². The zero-order valence-electron chi connectivity index (χ0n) is 12.1. The molecule has 0 radical (unpaired) electrons. The van der Waals surface area contributed by atoms with Crippen LogP contribution < -0.4 is 15.4 Å². The SMILES string of the molecule is O=C(NCC1CCCCC1)Nc1ccc(OC(F)(F)F)cc1. The van der Waals surface area contributed by atoms with Crippen LogP contribution in [-0.2, 0) is 0 Å². The van der Waals surface area contributed by atoms with Gasteiger partial charge in [0.05, 0.1) is 0 Å². The van der Waals surface area contributed by atoms with E-state index in [0.717, 1.165) is 25.0 Å². The summed E-state index contributed by atoms with van der Waals surface area (Å²) in [6.07, 6.45) is 1.21. The van der Waals surface area contributed by atoms with Gasteiger partial charge in [-0.1, -0.05) is 19.3 Å². The summed E-state index contributed by atoms with van der Waals surface area (Å²) in [6.45, 7) is 0.626. The molecule has 0 bridgehead atoms. The van der Waals surface area contributed by atoms with E-state index in [9.17, 15) is 18.0 Å². The lowest BCUT2D eigenvalue weighted by Crippen LogP contribution is -2.33. The minimum atomic E-state index is -4.72. The Morgan fingerprint density at radius 1 is 1.14 bits per heavy atom. The molecule has 22 heavy (non-hydrogen) atoms. The molecule has 7 heteroatoms. The molecule has 1 aromatic rings. The molecule has 0 heterocycles. The normalized spacial score (nSPS) is 16.1. The highest BCUT2D eigenvalue weighted by Gasteiger charge is 2.30. The van der Waals surface area contributed by atoms with Gasteiger partial charge in [-0.15, -0.1) is 13.2 Å². The second kappa shape index (κ2) is 7.38. The number of halogens is 3. The Kier molecular flexibility index (Phi) is 5.51.